The molecular weight excluding hydrogens is 382 g/mol. The minimum absolute atomic E-state index is 0.182. The summed E-state index contributed by atoms with van der Waals surface area (Å²) in [5.74, 6) is -0.0304. The number of esters is 1. The van der Waals surface area contributed by atoms with Gasteiger partial charge in [-0.2, -0.15) is 0 Å². The molecule has 2 aromatic carbocycles. The Morgan fingerprint density at radius 3 is 2.68 bits per heavy atom. The summed E-state index contributed by atoms with van der Waals surface area (Å²) in [7, 11) is 0. The van der Waals surface area contributed by atoms with Gasteiger partial charge in [-0.15, -0.1) is 0 Å². The fourth-order valence-electron chi connectivity index (χ4n) is 2.86. The summed E-state index contributed by atoms with van der Waals surface area (Å²) in [5, 5.41) is 3.10. The first-order valence-electron chi connectivity index (χ1n) is 8.90. The molecule has 0 fully saturated rings. The van der Waals surface area contributed by atoms with Gasteiger partial charge in [-0.05, 0) is 43.7 Å². The van der Waals surface area contributed by atoms with Crippen molar-refractivity contribution in [1.82, 2.24) is 0 Å². The van der Waals surface area contributed by atoms with Crippen LogP contribution in [0.2, 0.25) is 5.02 Å². The molecule has 7 heteroatoms. The molecule has 28 heavy (non-hydrogen) atoms. The van der Waals surface area contributed by atoms with Crippen molar-refractivity contribution in [3.63, 3.8) is 0 Å². The number of hydrogen-bond acceptors (Lipinski definition) is 5. The van der Waals surface area contributed by atoms with E-state index in [0.29, 0.717) is 23.5 Å². The molecule has 1 amide bonds. The van der Waals surface area contributed by atoms with Crippen LogP contribution in [0.3, 0.4) is 0 Å². The Hall–Kier alpha value is -2.99. The van der Waals surface area contributed by atoms with Gasteiger partial charge in [0.15, 0.2) is 18.1 Å². The van der Waals surface area contributed by atoms with Gasteiger partial charge in [-0.1, -0.05) is 29.8 Å². The Labute approximate surface area is 168 Å². The van der Waals surface area contributed by atoms with Crippen molar-refractivity contribution in [3.05, 3.63) is 52.5 Å². The average Bonchev–Trinajstić information content (AvgIpc) is 2.97. The van der Waals surface area contributed by atoms with Crippen molar-refractivity contribution in [2.45, 2.75) is 13.8 Å². The maximum absolute atomic E-state index is 12.3. The van der Waals surface area contributed by atoms with Gasteiger partial charge in [-0.3, -0.25) is 4.79 Å². The van der Waals surface area contributed by atoms with E-state index in [1.807, 2.05) is 31.2 Å². The fraction of sp³-hybridized carbons (Fsp3) is 0.238. The van der Waals surface area contributed by atoms with E-state index in [-0.39, 0.29) is 29.9 Å². The molecule has 1 heterocycles. The summed E-state index contributed by atoms with van der Waals surface area (Å²) in [6, 6.07) is 10.8. The Balaban J connectivity index is 1.93. The molecular formula is C21H20ClNO5. The first-order valence-corrected chi connectivity index (χ1v) is 9.28. The van der Waals surface area contributed by atoms with Crippen molar-refractivity contribution in [2.24, 2.45) is 0 Å². The molecule has 146 valence electrons. The third-order valence-electron chi connectivity index (χ3n) is 3.99. The highest BCUT2D eigenvalue weighted by Gasteiger charge is 2.24. The van der Waals surface area contributed by atoms with Crippen LogP contribution in [0.5, 0.6) is 11.5 Å². The molecule has 0 radical (unpaired) electrons. The minimum Gasteiger partial charge on any atom is -0.490 e. The van der Waals surface area contributed by atoms with E-state index in [1.54, 1.807) is 25.1 Å². The van der Waals surface area contributed by atoms with Crippen LogP contribution in [0.15, 0.2) is 36.4 Å². The second kappa shape index (κ2) is 8.80. The van der Waals surface area contributed by atoms with Crippen LogP contribution in [-0.4, -0.2) is 31.7 Å². The van der Waals surface area contributed by atoms with E-state index in [4.69, 9.17) is 25.8 Å². The van der Waals surface area contributed by atoms with Crippen LogP contribution in [0.4, 0.5) is 5.69 Å². The number of para-hydroxylation sites is 1. The van der Waals surface area contributed by atoms with Gasteiger partial charge in [-0.25, -0.2) is 4.79 Å². The molecule has 1 aliphatic heterocycles. The fourth-order valence-corrected chi connectivity index (χ4v) is 3.13. The normalized spacial score (nSPS) is 13.8. The number of halogens is 1. The number of fused-ring (bicyclic) bond motifs is 1. The van der Waals surface area contributed by atoms with Crippen molar-refractivity contribution in [3.8, 4) is 11.5 Å². The molecule has 1 aliphatic rings. The van der Waals surface area contributed by atoms with Crippen molar-refractivity contribution >= 4 is 40.8 Å². The Bertz CT molecular complexity index is 938. The van der Waals surface area contributed by atoms with Crippen LogP contribution in [-0.2, 0) is 14.3 Å². The van der Waals surface area contributed by atoms with Gasteiger partial charge < -0.3 is 19.5 Å². The lowest BCUT2D eigenvalue weighted by molar-refractivity contribution is -0.145. The lowest BCUT2D eigenvalue weighted by Crippen LogP contribution is -2.15. The molecule has 0 saturated carbocycles. The van der Waals surface area contributed by atoms with Crippen molar-refractivity contribution in [2.75, 3.05) is 25.1 Å². The third-order valence-corrected chi connectivity index (χ3v) is 4.27. The number of carbonyl (C=O) groups is 2. The smallest absolute Gasteiger partial charge is 0.344 e. The van der Waals surface area contributed by atoms with E-state index >= 15 is 0 Å². The van der Waals surface area contributed by atoms with Crippen LogP contribution in [0, 0.1) is 0 Å². The first-order chi connectivity index (χ1) is 13.5. The number of hydrogen-bond donors (Lipinski definition) is 1. The number of rotatable bonds is 7. The third kappa shape index (κ3) is 4.28. The first kappa shape index (κ1) is 19.8. The Kier molecular flexibility index (Phi) is 6.21. The zero-order valence-electron chi connectivity index (χ0n) is 15.6. The number of amides is 1. The summed E-state index contributed by atoms with van der Waals surface area (Å²) in [6.07, 6.45) is 1.74. The maximum atomic E-state index is 12.3. The highest BCUT2D eigenvalue weighted by atomic mass is 35.5. The van der Waals surface area contributed by atoms with Gasteiger partial charge in [0, 0.05) is 16.8 Å². The number of ether oxygens (including phenoxy) is 3. The molecule has 0 aliphatic carbocycles. The summed E-state index contributed by atoms with van der Waals surface area (Å²) in [5.41, 5.74) is 2.81. The SMILES string of the molecule is CCOC(=O)COc1c(Cl)cc(C=C2C(=O)Nc3ccccc32)cc1OCC. The van der Waals surface area contributed by atoms with Gasteiger partial charge >= 0.3 is 5.97 Å². The Morgan fingerprint density at radius 2 is 1.93 bits per heavy atom. The number of nitrogens with one attached hydrogen (secondary N) is 1. The quantitative estimate of drug-likeness (QED) is 0.556. The maximum Gasteiger partial charge on any atom is 0.344 e. The molecule has 2 aromatic rings. The van der Waals surface area contributed by atoms with E-state index < -0.39 is 5.97 Å². The minimum atomic E-state index is -0.494. The monoisotopic (exact) mass is 401 g/mol. The standard InChI is InChI=1S/C21H20ClNO5/c1-3-26-18-11-13(10-16(22)20(18)28-12-19(24)27-4-2)9-15-14-7-5-6-8-17(14)23-21(15)25/h5-11H,3-4,12H2,1-2H3,(H,23,25). The second-order valence-corrected chi connectivity index (χ2v) is 6.32. The summed E-state index contributed by atoms with van der Waals surface area (Å²) >= 11 is 6.37. The van der Waals surface area contributed by atoms with Crippen LogP contribution in [0.1, 0.15) is 25.0 Å². The van der Waals surface area contributed by atoms with Crippen LogP contribution in [0.25, 0.3) is 11.6 Å². The second-order valence-electron chi connectivity index (χ2n) is 5.91. The van der Waals surface area contributed by atoms with E-state index in [1.165, 1.54) is 0 Å². The molecule has 1 N–H and O–H groups in total. The average molecular weight is 402 g/mol. The largest absolute Gasteiger partial charge is 0.490 e. The lowest BCUT2D eigenvalue weighted by atomic mass is 10.0. The number of anilines is 1. The van der Waals surface area contributed by atoms with E-state index in [9.17, 15) is 9.59 Å². The topological polar surface area (TPSA) is 73.9 Å². The zero-order valence-corrected chi connectivity index (χ0v) is 16.3. The predicted molar refractivity (Wildman–Crippen MR) is 108 cm³/mol. The highest BCUT2D eigenvalue weighted by Crippen LogP contribution is 2.39. The lowest BCUT2D eigenvalue weighted by Gasteiger charge is -2.14. The molecule has 6 nitrogen and oxygen atoms in total. The molecule has 0 aromatic heterocycles. The van der Waals surface area contributed by atoms with Gasteiger partial charge in [0.2, 0.25) is 0 Å². The summed E-state index contributed by atoms with van der Waals surface area (Å²) in [4.78, 5) is 23.9. The number of carbonyl (C=O) groups excluding carboxylic acids is 2. The molecule has 0 bridgehead atoms. The van der Waals surface area contributed by atoms with Crippen molar-refractivity contribution < 1.29 is 23.8 Å². The van der Waals surface area contributed by atoms with Gasteiger partial charge in [0.25, 0.3) is 5.91 Å². The predicted octanol–water partition coefficient (Wildman–Crippen LogP) is 4.17. The van der Waals surface area contributed by atoms with E-state index in [0.717, 1.165) is 11.3 Å². The van der Waals surface area contributed by atoms with Gasteiger partial charge in [0.05, 0.1) is 18.2 Å². The number of benzene rings is 2. The van der Waals surface area contributed by atoms with E-state index in [2.05, 4.69) is 5.32 Å². The molecule has 0 saturated heterocycles. The van der Waals surface area contributed by atoms with Crippen LogP contribution < -0.4 is 14.8 Å². The molecule has 3 rings (SSSR count). The zero-order chi connectivity index (χ0) is 20.1. The van der Waals surface area contributed by atoms with Crippen molar-refractivity contribution in [1.29, 1.82) is 0 Å². The Morgan fingerprint density at radius 1 is 1.14 bits per heavy atom. The highest BCUT2D eigenvalue weighted by molar-refractivity contribution is 6.35. The molecule has 0 spiro atoms. The van der Waals surface area contributed by atoms with Crippen LogP contribution >= 0.6 is 11.6 Å². The van der Waals surface area contributed by atoms with Gasteiger partial charge in [0.1, 0.15) is 0 Å². The molecule has 0 atom stereocenters. The molecule has 0 unspecified atom stereocenters. The summed E-state index contributed by atoms with van der Waals surface area (Å²) in [6.45, 7) is 3.93. The summed E-state index contributed by atoms with van der Waals surface area (Å²) < 4.78 is 16.0.